The van der Waals surface area contributed by atoms with Crippen LogP contribution >= 0.6 is 15.9 Å². The molecule has 3 nitrogen and oxygen atoms in total. The van der Waals surface area contributed by atoms with Gasteiger partial charge < -0.3 is 10.2 Å². The van der Waals surface area contributed by atoms with Gasteiger partial charge in [0.15, 0.2) is 0 Å². The Bertz CT molecular complexity index is 313. The molecule has 0 radical (unpaired) electrons. The number of hydrogen-bond acceptors (Lipinski definition) is 2. The van der Waals surface area contributed by atoms with E-state index in [-0.39, 0.29) is 16.9 Å². The molecular formula is C10H13BrO3. The first-order chi connectivity index (χ1) is 6.40. The van der Waals surface area contributed by atoms with Crippen LogP contribution in [-0.2, 0) is 4.79 Å². The molecule has 0 heterocycles. The van der Waals surface area contributed by atoms with Crippen LogP contribution in [0.2, 0.25) is 0 Å². The van der Waals surface area contributed by atoms with Crippen molar-refractivity contribution in [2.24, 2.45) is 0 Å². The Morgan fingerprint density at radius 3 is 2.29 bits per heavy atom. The van der Waals surface area contributed by atoms with E-state index in [4.69, 9.17) is 10.2 Å². The van der Waals surface area contributed by atoms with Gasteiger partial charge in [-0.15, -0.1) is 0 Å². The number of carbonyl (C=O) groups is 1. The first-order valence-electron chi connectivity index (χ1n) is 4.08. The van der Waals surface area contributed by atoms with E-state index in [1.54, 1.807) is 0 Å². The molecule has 0 aliphatic rings. The predicted octanol–water partition coefficient (Wildman–Crippen LogP) is 3.15. The summed E-state index contributed by atoms with van der Waals surface area (Å²) in [6.45, 7) is 6.69. The topological polar surface area (TPSA) is 57.5 Å². The quantitative estimate of drug-likeness (QED) is 0.464. The minimum absolute atomic E-state index is 0.0474. The molecule has 0 unspecified atom stereocenters. The highest BCUT2D eigenvalue weighted by Crippen LogP contribution is 2.18. The monoisotopic (exact) mass is 260 g/mol. The number of allylic oxidation sites excluding steroid dienone is 2. The highest BCUT2D eigenvalue weighted by atomic mass is 79.9. The maximum atomic E-state index is 10.8. The largest absolute Gasteiger partial charge is 0.508 e. The third-order valence-electron chi connectivity index (χ3n) is 1.71. The lowest BCUT2D eigenvalue weighted by atomic mass is 10.1. The van der Waals surface area contributed by atoms with E-state index in [1.165, 1.54) is 13.0 Å². The van der Waals surface area contributed by atoms with E-state index in [0.717, 1.165) is 4.48 Å². The van der Waals surface area contributed by atoms with E-state index in [0.29, 0.717) is 6.42 Å². The van der Waals surface area contributed by atoms with Crippen molar-refractivity contribution in [1.82, 2.24) is 0 Å². The van der Waals surface area contributed by atoms with Crippen LogP contribution in [0, 0.1) is 0 Å². The summed E-state index contributed by atoms with van der Waals surface area (Å²) < 4.78 is 0.760. The number of rotatable bonds is 4. The van der Waals surface area contributed by atoms with Crippen molar-refractivity contribution >= 4 is 21.9 Å². The summed E-state index contributed by atoms with van der Waals surface area (Å²) in [6, 6.07) is 0. The average Bonchev–Trinajstić information content (AvgIpc) is 2.11. The van der Waals surface area contributed by atoms with Gasteiger partial charge in [0.05, 0.1) is 5.57 Å². The molecule has 0 aromatic rings. The van der Waals surface area contributed by atoms with Crippen LogP contribution in [0.5, 0.6) is 0 Å². The van der Waals surface area contributed by atoms with Gasteiger partial charge in [0.25, 0.3) is 0 Å². The lowest BCUT2D eigenvalue weighted by Gasteiger charge is -2.03. The van der Waals surface area contributed by atoms with Gasteiger partial charge in [-0.05, 0) is 23.9 Å². The standard InChI is InChI=1S/C10H13BrO3/c1-4-8(11)5-9(10(13)14)6(2)7(3)12/h5,12H,3-4H2,1-2H3,(H,13,14)/b8-5+,9-6+. The van der Waals surface area contributed by atoms with Crippen LogP contribution in [0.1, 0.15) is 20.3 Å². The fraction of sp³-hybridized carbons (Fsp3) is 0.300. The fourth-order valence-electron chi connectivity index (χ4n) is 0.745. The van der Waals surface area contributed by atoms with Crippen molar-refractivity contribution in [3.05, 3.63) is 34.0 Å². The van der Waals surface area contributed by atoms with E-state index in [9.17, 15) is 4.79 Å². The molecular weight excluding hydrogens is 248 g/mol. The summed E-state index contributed by atoms with van der Waals surface area (Å²) in [6.07, 6.45) is 2.17. The second kappa shape index (κ2) is 5.65. The van der Waals surface area contributed by atoms with Gasteiger partial charge >= 0.3 is 5.97 Å². The zero-order valence-electron chi connectivity index (χ0n) is 8.17. The number of aliphatic hydroxyl groups excluding tert-OH is 1. The Morgan fingerprint density at radius 1 is 1.50 bits per heavy atom. The average molecular weight is 261 g/mol. The van der Waals surface area contributed by atoms with Gasteiger partial charge in [0, 0.05) is 5.57 Å². The van der Waals surface area contributed by atoms with Gasteiger partial charge in [-0.3, -0.25) is 0 Å². The molecule has 0 aliphatic carbocycles. The predicted molar refractivity (Wildman–Crippen MR) is 59.4 cm³/mol. The van der Waals surface area contributed by atoms with Gasteiger partial charge in [0.1, 0.15) is 5.76 Å². The van der Waals surface area contributed by atoms with E-state index in [2.05, 4.69) is 22.5 Å². The summed E-state index contributed by atoms with van der Waals surface area (Å²) in [5.74, 6) is -1.31. The second-order valence-corrected chi connectivity index (χ2v) is 3.75. The number of aliphatic hydroxyl groups is 1. The lowest BCUT2D eigenvalue weighted by molar-refractivity contribution is -0.132. The highest BCUT2D eigenvalue weighted by Gasteiger charge is 2.10. The fourth-order valence-corrected chi connectivity index (χ4v) is 0.973. The summed E-state index contributed by atoms with van der Waals surface area (Å²) in [5.41, 5.74) is 0.314. The molecule has 0 bridgehead atoms. The lowest BCUT2D eigenvalue weighted by Crippen LogP contribution is -2.02. The molecule has 0 spiro atoms. The van der Waals surface area contributed by atoms with Crippen molar-refractivity contribution in [1.29, 1.82) is 0 Å². The van der Waals surface area contributed by atoms with Gasteiger partial charge in [-0.1, -0.05) is 29.4 Å². The molecule has 0 saturated carbocycles. The Morgan fingerprint density at radius 2 is 2.00 bits per heavy atom. The second-order valence-electron chi connectivity index (χ2n) is 2.74. The number of hydrogen-bond donors (Lipinski definition) is 2. The number of aliphatic carboxylic acids is 1. The normalized spacial score (nSPS) is 13.5. The Labute approximate surface area is 91.6 Å². The third kappa shape index (κ3) is 3.79. The van der Waals surface area contributed by atoms with Crippen molar-refractivity contribution < 1.29 is 15.0 Å². The Kier molecular flexibility index (Phi) is 5.23. The minimum atomic E-state index is -1.08. The van der Waals surface area contributed by atoms with Gasteiger partial charge in [-0.2, -0.15) is 0 Å². The summed E-state index contributed by atoms with van der Waals surface area (Å²) in [5, 5.41) is 17.9. The first-order valence-corrected chi connectivity index (χ1v) is 4.87. The smallest absolute Gasteiger partial charge is 0.336 e. The van der Waals surface area contributed by atoms with Crippen LogP contribution in [0.15, 0.2) is 34.0 Å². The summed E-state index contributed by atoms with van der Waals surface area (Å²) in [4.78, 5) is 10.8. The summed E-state index contributed by atoms with van der Waals surface area (Å²) >= 11 is 3.22. The van der Waals surface area contributed by atoms with Crippen molar-refractivity contribution in [2.75, 3.05) is 0 Å². The molecule has 4 heteroatoms. The molecule has 2 N–H and O–H groups in total. The van der Waals surface area contributed by atoms with Crippen LogP contribution in [0.3, 0.4) is 0 Å². The maximum absolute atomic E-state index is 10.8. The van der Waals surface area contributed by atoms with E-state index < -0.39 is 5.97 Å². The molecule has 0 saturated heterocycles. The number of carboxylic acid groups (broad SMARTS) is 1. The molecule has 78 valence electrons. The van der Waals surface area contributed by atoms with Crippen LogP contribution in [-0.4, -0.2) is 16.2 Å². The van der Waals surface area contributed by atoms with E-state index >= 15 is 0 Å². The minimum Gasteiger partial charge on any atom is -0.508 e. The Hall–Kier alpha value is -1.03. The van der Waals surface area contributed by atoms with E-state index in [1.807, 2.05) is 6.92 Å². The molecule has 0 aliphatic heterocycles. The Balaban J connectivity index is 5.27. The third-order valence-corrected chi connectivity index (χ3v) is 2.50. The van der Waals surface area contributed by atoms with Crippen LogP contribution in [0.4, 0.5) is 0 Å². The van der Waals surface area contributed by atoms with Crippen molar-refractivity contribution in [3.63, 3.8) is 0 Å². The molecule has 0 rings (SSSR count). The van der Waals surface area contributed by atoms with Crippen molar-refractivity contribution in [3.8, 4) is 0 Å². The van der Waals surface area contributed by atoms with Crippen molar-refractivity contribution in [2.45, 2.75) is 20.3 Å². The molecule has 0 aromatic heterocycles. The molecule has 0 aromatic carbocycles. The zero-order valence-corrected chi connectivity index (χ0v) is 9.76. The summed E-state index contributed by atoms with van der Waals surface area (Å²) in [7, 11) is 0. The molecule has 0 amide bonds. The number of halogens is 1. The maximum Gasteiger partial charge on any atom is 0.336 e. The molecule has 0 atom stereocenters. The first kappa shape index (κ1) is 13.0. The number of carboxylic acids is 1. The van der Waals surface area contributed by atoms with Crippen LogP contribution in [0.25, 0.3) is 0 Å². The SMILES string of the molecule is C=C(O)/C(C)=C(\C=C(\Br)CC)C(=O)O. The zero-order chi connectivity index (χ0) is 11.3. The van der Waals surface area contributed by atoms with Gasteiger partial charge in [-0.25, -0.2) is 4.79 Å². The van der Waals surface area contributed by atoms with Gasteiger partial charge in [0.2, 0.25) is 0 Å². The molecule has 0 fully saturated rings. The molecule has 14 heavy (non-hydrogen) atoms. The van der Waals surface area contributed by atoms with Crippen LogP contribution < -0.4 is 0 Å². The highest BCUT2D eigenvalue weighted by molar-refractivity contribution is 9.11.